The highest BCUT2D eigenvalue weighted by molar-refractivity contribution is 5.84. The number of amides is 1. The van der Waals surface area contributed by atoms with Gasteiger partial charge in [-0.2, -0.15) is 17.6 Å². The molecule has 0 aliphatic heterocycles. The molecule has 0 atom stereocenters. The molecule has 10 heteroatoms. The molecule has 0 heterocycles. The lowest BCUT2D eigenvalue weighted by molar-refractivity contribution is -0.884. The number of hydrogen-bond donors (Lipinski definition) is 1. The van der Waals surface area contributed by atoms with Crippen molar-refractivity contribution >= 4 is 11.9 Å². The fourth-order valence-electron chi connectivity index (χ4n) is 1.67. The molecule has 0 saturated heterocycles. The molecule has 0 saturated carbocycles. The van der Waals surface area contributed by atoms with Gasteiger partial charge in [-0.05, 0) is 14.1 Å². The van der Waals surface area contributed by atoms with E-state index in [1.54, 1.807) is 19.4 Å². The maximum Gasteiger partial charge on any atom is 0.400 e. The third kappa shape index (κ3) is 5.41. The standard InChI is InChI=1S/C12H21F4N3O3/c1-18(2)12(15,16)11(13,14)10(22)17-6-5-7-19(3,4)8-9(20)21/h5-8H2,1-4H3,(H-,17,20,21,22). The highest BCUT2D eigenvalue weighted by atomic mass is 19.3. The number of nitrogens with zero attached hydrogens (tertiary/aromatic N) is 2. The van der Waals surface area contributed by atoms with Gasteiger partial charge in [-0.25, -0.2) is 4.90 Å². The summed E-state index contributed by atoms with van der Waals surface area (Å²) < 4.78 is 53.3. The molecule has 22 heavy (non-hydrogen) atoms. The molecule has 0 aliphatic rings. The summed E-state index contributed by atoms with van der Waals surface area (Å²) in [5, 5.41) is 12.2. The Kier molecular flexibility index (Phi) is 6.76. The first kappa shape index (κ1) is 20.6. The van der Waals surface area contributed by atoms with E-state index < -0.39 is 23.8 Å². The number of carbonyl (C=O) groups is 2. The number of halogens is 4. The smallest absolute Gasteiger partial charge is 0.400 e. The number of carbonyl (C=O) groups excluding carboxylic acids is 2. The van der Waals surface area contributed by atoms with Gasteiger partial charge in [-0.15, -0.1) is 0 Å². The van der Waals surface area contributed by atoms with Crippen LogP contribution in [-0.4, -0.2) is 81.1 Å². The van der Waals surface area contributed by atoms with Crippen LogP contribution >= 0.6 is 0 Å². The molecule has 0 aromatic rings. The van der Waals surface area contributed by atoms with Crippen LogP contribution in [0.2, 0.25) is 0 Å². The molecule has 1 amide bonds. The number of nitrogens with one attached hydrogen (secondary N) is 1. The molecular weight excluding hydrogens is 310 g/mol. The van der Waals surface area contributed by atoms with E-state index in [2.05, 4.69) is 0 Å². The van der Waals surface area contributed by atoms with Crippen LogP contribution in [0.3, 0.4) is 0 Å². The largest absolute Gasteiger partial charge is 0.544 e. The van der Waals surface area contributed by atoms with Gasteiger partial charge in [0.15, 0.2) is 0 Å². The fourth-order valence-corrected chi connectivity index (χ4v) is 1.67. The zero-order chi connectivity index (χ0) is 17.8. The van der Waals surface area contributed by atoms with Gasteiger partial charge in [0, 0.05) is 13.0 Å². The number of likely N-dealkylation sites (N-methyl/N-ethyl adjacent to an activating group) is 1. The van der Waals surface area contributed by atoms with Crippen LogP contribution in [0.4, 0.5) is 17.6 Å². The maximum atomic E-state index is 13.4. The number of alkyl halides is 4. The number of rotatable bonds is 9. The van der Waals surface area contributed by atoms with Crippen molar-refractivity contribution in [2.75, 3.05) is 47.8 Å². The number of carboxylic acids is 1. The quantitative estimate of drug-likeness (QED) is 0.257. The maximum absolute atomic E-state index is 13.4. The van der Waals surface area contributed by atoms with Gasteiger partial charge < -0.3 is 19.7 Å². The third-order valence-corrected chi connectivity index (χ3v) is 3.01. The Hall–Kier alpha value is -1.42. The van der Waals surface area contributed by atoms with E-state index in [1.165, 1.54) is 0 Å². The van der Waals surface area contributed by atoms with Crippen LogP contribution in [0.5, 0.6) is 0 Å². The second-order valence-electron chi connectivity index (χ2n) is 5.81. The van der Waals surface area contributed by atoms with Gasteiger partial charge in [0.05, 0.1) is 26.6 Å². The summed E-state index contributed by atoms with van der Waals surface area (Å²) in [6, 6.07) is -4.61. The Morgan fingerprint density at radius 3 is 2.09 bits per heavy atom. The van der Waals surface area contributed by atoms with Crippen molar-refractivity contribution in [3.8, 4) is 0 Å². The van der Waals surface area contributed by atoms with Crippen molar-refractivity contribution < 1.29 is 36.7 Å². The summed E-state index contributed by atoms with van der Waals surface area (Å²) in [7, 11) is 4.63. The van der Waals surface area contributed by atoms with Gasteiger partial charge in [0.25, 0.3) is 5.91 Å². The Morgan fingerprint density at radius 1 is 1.18 bits per heavy atom. The summed E-state index contributed by atoms with van der Waals surface area (Å²) in [5.74, 6) is -8.21. The summed E-state index contributed by atoms with van der Waals surface area (Å²) >= 11 is 0. The van der Waals surface area contributed by atoms with Crippen LogP contribution in [-0.2, 0) is 9.59 Å². The van der Waals surface area contributed by atoms with E-state index in [9.17, 15) is 32.3 Å². The number of aliphatic carboxylic acids is 1. The van der Waals surface area contributed by atoms with Gasteiger partial charge >= 0.3 is 12.0 Å². The molecule has 6 nitrogen and oxygen atoms in total. The van der Waals surface area contributed by atoms with E-state index in [0.29, 0.717) is 0 Å². The Bertz CT molecular complexity index is 414. The predicted molar refractivity (Wildman–Crippen MR) is 68.1 cm³/mol. The van der Waals surface area contributed by atoms with Crippen molar-refractivity contribution in [3.05, 3.63) is 0 Å². The average Bonchev–Trinajstić information content (AvgIpc) is 2.32. The Balaban J connectivity index is 4.44. The zero-order valence-corrected chi connectivity index (χ0v) is 13.0. The summed E-state index contributed by atoms with van der Waals surface area (Å²) in [6.45, 7) is -0.320. The third-order valence-electron chi connectivity index (χ3n) is 3.01. The average molecular weight is 331 g/mol. The van der Waals surface area contributed by atoms with Crippen LogP contribution in [0.15, 0.2) is 0 Å². The van der Waals surface area contributed by atoms with Crippen LogP contribution in [0.1, 0.15) is 6.42 Å². The number of hydrogen-bond acceptors (Lipinski definition) is 4. The van der Waals surface area contributed by atoms with Crippen molar-refractivity contribution in [3.63, 3.8) is 0 Å². The first-order chi connectivity index (χ1) is 9.74. The Labute approximate surface area is 126 Å². The molecule has 0 fully saturated rings. The first-order valence-electron chi connectivity index (χ1n) is 6.47. The van der Waals surface area contributed by atoms with Crippen molar-refractivity contribution in [1.29, 1.82) is 0 Å². The molecule has 0 aromatic heterocycles. The molecule has 0 spiro atoms. The second kappa shape index (κ2) is 7.23. The molecule has 0 aliphatic carbocycles. The minimum atomic E-state index is -4.87. The van der Waals surface area contributed by atoms with Crippen molar-refractivity contribution in [2.45, 2.75) is 18.4 Å². The number of carboxylic acid groups (broad SMARTS) is 1. The van der Waals surface area contributed by atoms with Gasteiger partial charge in [-0.3, -0.25) is 4.79 Å². The van der Waals surface area contributed by atoms with Gasteiger partial charge in [0.2, 0.25) is 0 Å². The molecule has 1 N–H and O–H groups in total. The van der Waals surface area contributed by atoms with Crippen LogP contribution in [0, 0.1) is 0 Å². The lowest BCUT2D eigenvalue weighted by Gasteiger charge is -2.31. The van der Waals surface area contributed by atoms with Crippen LogP contribution < -0.4 is 10.4 Å². The van der Waals surface area contributed by atoms with Gasteiger partial charge in [0.1, 0.15) is 6.54 Å². The second-order valence-corrected chi connectivity index (χ2v) is 5.81. The van der Waals surface area contributed by atoms with Gasteiger partial charge in [-0.1, -0.05) is 0 Å². The van der Waals surface area contributed by atoms with E-state index in [0.717, 1.165) is 14.1 Å². The zero-order valence-electron chi connectivity index (χ0n) is 13.0. The van der Waals surface area contributed by atoms with E-state index in [1.807, 2.05) is 0 Å². The molecule has 0 unspecified atom stereocenters. The van der Waals surface area contributed by atoms with E-state index in [4.69, 9.17) is 0 Å². The topological polar surface area (TPSA) is 72.5 Å². The number of quaternary nitrogens is 1. The normalized spacial score (nSPS) is 13.3. The lowest BCUT2D eigenvalue weighted by atomic mass is 10.2. The summed E-state index contributed by atoms with van der Waals surface area (Å²) in [4.78, 5) is 21.7. The highest BCUT2D eigenvalue weighted by Gasteiger charge is 2.63. The van der Waals surface area contributed by atoms with Crippen molar-refractivity contribution in [1.82, 2.24) is 10.2 Å². The van der Waals surface area contributed by atoms with E-state index in [-0.39, 0.29) is 35.4 Å². The molecule has 0 bridgehead atoms. The first-order valence-corrected chi connectivity index (χ1v) is 6.47. The minimum Gasteiger partial charge on any atom is -0.544 e. The minimum absolute atomic E-state index is 0.0163. The molecule has 130 valence electrons. The van der Waals surface area contributed by atoms with E-state index >= 15 is 0 Å². The molecular formula is C12H21F4N3O3. The SMILES string of the molecule is CN(C)C(F)(F)C(F)(F)C(=O)NCCC[N+](C)(C)CC(=O)[O-]. The Morgan fingerprint density at radius 2 is 1.68 bits per heavy atom. The molecule has 0 aromatic carbocycles. The summed E-state index contributed by atoms with van der Waals surface area (Å²) in [6.07, 6.45) is 0.148. The van der Waals surface area contributed by atoms with Crippen molar-refractivity contribution in [2.24, 2.45) is 0 Å². The molecule has 0 rings (SSSR count). The summed E-state index contributed by atoms with van der Waals surface area (Å²) in [5.41, 5.74) is 0. The highest BCUT2D eigenvalue weighted by Crippen LogP contribution is 2.35. The monoisotopic (exact) mass is 331 g/mol. The fraction of sp³-hybridized carbons (Fsp3) is 0.833. The molecule has 0 radical (unpaired) electrons. The predicted octanol–water partition coefficient (Wildman–Crippen LogP) is -0.891. The lowest BCUT2D eigenvalue weighted by Crippen LogP contribution is -2.59. The van der Waals surface area contributed by atoms with Crippen LogP contribution in [0.25, 0.3) is 0 Å².